The fourth-order valence-electron chi connectivity index (χ4n) is 4.96. The first-order valence-corrected chi connectivity index (χ1v) is 13.7. The van der Waals surface area contributed by atoms with Crippen LogP contribution < -0.4 is 16.0 Å². The summed E-state index contributed by atoms with van der Waals surface area (Å²) in [4.78, 5) is 15.6. The first-order chi connectivity index (χ1) is 19.4. The first-order valence-electron chi connectivity index (χ1n) is 13.7. The Balaban J connectivity index is 1.34. The van der Waals surface area contributed by atoms with Gasteiger partial charge in [-0.3, -0.25) is 9.69 Å². The van der Waals surface area contributed by atoms with Gasteiger partial charge in [0.25, 0.3) is 5.91 Å². The van der Waals surface area contributed by atoms with E-state index in [9.17, 15) is 9.90 Å². The normalized spacial score (nSPS) is 17.9. The minimum Gasteiger partial charge on any atom is -0.512 e. The Morgan fingerprint density at radius 1 is 1.15 bits per heavy atom. The maximum absolute atomic E-state index is 13.1. The predicted octanol–water partition coefficient (Wildman–Crippen LogP) is 6.60. The summed E-state index contributed by atoms with van der Waals surface area (Å²) in [5.74, 6) is 0.0830. The van der Waals surface area contributed by atoms with Crippen LogP contribution in [0.3, 0.4) is 0 Å². The highest BCUT2D eigenvalue weighted by Crippen LogP contribution is 2.32. The maximum atomic E-state index is 13.1. The molecular formula is C32H39N5O3. The zero-order chi connectivity index (χ0) is 28.3. The molecular weight excluding hydrogens is 502 g/mol. The summed E-state index contributed by atoms with van der Waals surface area (Å²) in [5.41, 5.74) is 6.23. The van der Waals surface area contributed by atoms with E-state index in [-0.39, 0.29) is 17.8 Å². The molecule has 5 N–H and O–H groups in total. The topological polar surface area (TPSA) is 110 Å². The SMILES string of the molecule is CO/C=C(/C=C\C=N)C/C(C)=C/C=C(/O)CC1Nc2ccc(C(=O)Nc3ccccc3CN3CCCC3)cc2N1. The quantitative estimate of drug-likeness (QED) is 0.118. The van der Waals surface area contributed by atoms with Crippen molar-refractivity contribution >= 4 is 29.2 Å². The van der Waals surface area contributed by atoms with Crippen molar-refractivity contribution < 1.29 is 14.6 Å². The standard InChI is InChI=1S/C32H39N5O3/c1-23(18-24(22-40-2)8-7-15-33)11-13-27(38)20-31-34-29-14-12-25(19-30(29)35-31)32(39)36-28-10-4-3-9-26(28)21-37-16-5-6-17-37/h3-4,7-15,19,22,31,33-35,38H,5-6,16-18,20-21H2,1-2H3,(H,36,39)/b8-7-,23-11+,24-22-,27-13+,33-15?. The molecule has 40 heavy (non-hydrogen) atoms. The van der Waals surface area contributed by atoms with Gasteiger partial charge in [0.05, 0.1) is 30.5 Å². The van der Waals surface area contributed by atoms with Crippen molar-refractivity contribution in [3.8, 4) is 0 Å². The third kappa shape index (κ3) is 8.10. The summed E-state index contributed by atoms with van der Waals surface area (Å²) < 4.78 is 5.11. The lowest BCUT2D eigenvalue weighted by molar-refractivity contribution is 0.102. The number of fused-ring (bicyclic) bond motifs is 1. The summed E-state index contributed by atoms with van der Waals surface area (Å²) in [6.07, 6.45) is 13.2. The van der Waals surface area contributed by atoms with E-state index in [0.717, 1.165) is 53.4 Å². The molecule has 210 valence electrons. The largest absolute Gasteiger partial charge is 0.512 e. The molecule has 0 aromatic heterocycles. The summed E-state index contributed by atoms with van der Waals surface area (Å²) in [6.45, 7) is 5.02. The van der Waals surface area contributed by atoms with Crippen LogP contribution in [0, 0.1) is 5.41 Å². The molecule has 0 spiro atoms. The summed E-state index contributed by atoms with van der Waals surface area (Å²) in [6, 6.07) is 13.5. The van der Waals surface area contributed by atoms with Gasteiger partial charge in [-0.25, -0.2) is 0 Å². The average Bonchev–Trinajstić information content (AvgIpc) is 3.60. The Morgan fingerprint density at radius 3 is 2.70 bits per heavy atom. The summed E-state index contributed by atoms with van der Waals surface area (Å²) in [5, 5.41) is 27.5. The van der Waals surface area contributed by atoms with Gasteiger partial charge in [-0.1, -0.05) is 35.9 Å². The van der Waals surface area contributed by atoms with Crippen molar-refractivity contribution in [3.63, 3.8) is 0 Å². The molecule has 0 aliphatic carbocycles. The second-order valence-corrected chi connectivity index (χ2v) is 10.2. The highest BCUT2D eigenvalue weighted by atomic mass is 16.5. The van der Waals surface area contributed by atoms with Crippen molar-refractivity contribution in [2.75, 3.05) is 36.1 Å². The van der Waals surface area contributed by atoms with Gasteiger partial charge in [-0.05, 0) is 86.8 Å². The molecule has 2 aromatic carbocycles. The van der Waals surface area contributed by atoms with E-state index in [2.05, 4.69) is 26.9 Å². The lowest BCUT2D eigenvalue weighted by Crippen LogP contribution is -2.22. The molecule has 8 nitrogen and oxygen atoms in total. The minimum atomic E-state index is -0.195. The molecule has 1 amide bonds. The van der Waals surface area contributed by atoms with Crippen LogP contribution in [0.4, 0.5) is 17.1 Å². The number of methoxy groups -OCH3 is 1. The molecule has 2 aliphatic heterocycles. The Kier molecular flexibility index (Phi) is 10.2. The molecule has 4 rings (SSSR count). The fraction of sp³-hybridized carbons (Fsp3) is 0.312. The summed E-state index contributed by atoms with van der Waals surface area (Å²) in [7, 11) is 1.59. The number of para-hydroxylation sites is 1. The van der Waals surface area contributed by atoms with Gasteiger partial charge in [-0.15, -0.1) is 0 Å². The highest BCUT2D eigenvalue weighted by molar-refractivity contribution is 6.06. The van der Waals surface area contributed by atoms with Gasteiger partial charge >= 0.3 is 0 Å². The third-order valence-corrected chi connectivity index (χ3v) is 6.93. The van der Waals surface area contributed by atoms with E-state index < -0.39 is 0 Å². The number of allylic oxidation sites excluding steroid dienone is 6. The molecule has 8 heteroatoms. The van der Waals surface area contributed by atoms with Crippen molar-refractivity contribution in [1.29, 1.82) is 5.41 Å². The molecule has 1 atom stereocenters. The second kappa shape index (κ2) is 14.2. The van der Waals surface area contributed by atoms with Gasteiger partial charge in [-0.2, -0.15) is 0 Å². The number of nitrogens with zero attached hydrogens (tertiary/aromatic N) is 1. The molecule has 0 radical (unpaired) electrons. The van der Waals surface area contributed by atoms with Crippen LogP contribution in [-0.2, 0) is 11.3 Å². The number of nitrogens with one attached hydrogen (secondary N) is 4. The number of hydrogen-bond donors (Lipinski definition) is 5. The number of aliphatic hydroxyl groups is 1. The number of likely N-dealkylation sites (tertiary alicyclic amines) is 1. The number of benzene rings is 2. The van der Waals surface area contributed by atoms with Gasteiger partial charge < -0.3 is 31.2 Å². The molecule has 1 saturated heterocycles. The Labute approximate surface area is 236 Å². The number of rotatable bonds is 12. The van der Waals surface area contributed by atoms with Gasteiger partial charge in [0, 0.05) is 30.4 Å². The number of amides is 1. The van der Waals surface area contributed by atoms with E-state index >= 15 is 0 Å². The van der Waals surface area contributed by atoms with Crippen molar-refractivity contribution in [2.45, 2.75) is 45.3 Å². The molecule has 2 heterocycles. The van der Waals surface area contributed by atoms with Crippen LogP contribution in [0.15, 0.2) is 89.9 Å². The van der Waals surface area contributed by atoms with Crippen molar-refractivity contribution in [3.05, 3.63) is 101 Å². The zero-order valence-electron chi connectivity index (χ0n) is 23.2. The zero-order valence-corrected chi connectivity index (χ0v) is 23.2. The van der Waals surface area contributed by atoms with Gasteiger partial charge in [0.2, 0.25) is 0 Å². The van der Waals surface area contributed by atoms with Crippen LogP contribution in [0.5, 0.6) is 0 Å². The Hall–Kier alpha value is -4.30. The second-order valence-electron chi connectivity index (χ2n) is 10.2. The number of carbonyl (C=O) groups is 1. The lowest BCUT2D eigenvalue weighted by Gasteiger charge is -2.18. The number of ether oxygens (including phenoxy) is 1. The van der Waals surface area contributed by atoms with E-state index in [1.54, 1.807) is 25.5 Å². The van der Waals surface area contributed by atoms with Crippen molar-refractivity contribution in [1.82, 2.24) is 4.90 Å². The van der Waals surface area contributed by atoms with Crippen LogP contribution in [0.1, 0.15) is 48.5 Å². The van der Waals surface area contributed by atoms with Gasteiger partial charge in [0.15, 0.2) is 0 Å². The van der Waals surface area contributed by atoms with Crippen LogP contribution >= 0.6 is 0 Å². The van der Waals surface area contributed by atoms with E-state index in [1.807, 2.05) is 55.5 Å². The molecule has 0 bridgehead atoms. The maximum Gasteiger partial charge on any atom is 0.255 e. The molecule has 2 aliphatic rings. The number of anilines is 3. The Morgan fingerprint density at radius 2 is 1.93 bits per heavy atom. The molecule has 1 fully saturated rings. The summed E-state index contributed by atoms with van der Waals surface area (Å²) >= 11 is 0. The fourth-order valence-corrected chi connectivity index (χ4v) is 4.96. The monoisotopic (exact) mass is 541 g/mol. The minimum absolute atomic E-state index is 0.150. The van der Waals surface area contributed by atoms with Crippen LogP contribution in [-0.4, -0.2) is 48.5 Å². The lowest BCUT2D eigenvalue weighted by atomic mass is 10.1. The van der Waals surface area contributed by atoms with Gasteiger partial charge in [0.1, 0.15) is 6.17 Å². The smallest absolute Gasteiger partial charge is 0.255 e. The first kappa shape index (κ1) is 28.7. The molecule has 2 aromatic rings. The average molecular weight is 542 g/mol. The molecule has 1 unspecified atom stereocenters. The third-order valence-electron chi connectivity index (χ3n) is 6.93. The predicted molar refractivity (Wildman–Crippen MR) is 163 cm³/mol. The number of aliphatic hydroxyl groups excluding tert-OH is 1. The van der Waals surface area contributed by atoms with Crippen molar-refractivity contribution in [2.24, 2.45) is 0 Å². The van der Waals surface area contributed by atoms with E-state index in [0.29, 0.717) is 18.4 Å². The number of hydrogen-bond acceptors (Lipinski definition) is 7. The molecule has 0 saturated carbocycles. The Bertz CT molecular complexity index is 1320. The van der Waals surface area contributed by atoms with Crippen LogP contribution in [0.25, 0.3) is 0 Å². The van der Waals surface area contributed by atoms with E-state index in [4.69, 9.17) is 10.1 Å². The van der Waals surface area contributed by atoms with E-state index in [1.165, 1.54) is 19.1 Å². The number of carbonyl (C=O) groups excluding carboxylic acids is 1. The van der Waals surface area contributed by atoms with Crippen LogP contribution in [0.2, 0.25) is 0 Å². The highest BCUT2D eigenvalue weighted by Gasteiger charge is 2.22.